The summed E-state index contributed by atoms with van der Waals surface area (Å²) in [6, 6.07) is 0. The molecule has 0 unspecified atom stereocenters. The largest absolute Gasteiger partial charge is 0.355 e. The van der Waals surface area contributed by atoms with E-state index >= 15 is 0 Å². The van der Waals surface area contributed by atoms with Crippen molar-refractivity contribution < 1.29 is 4.79 Å². The number of carbonyl (C=O) groups is 1. The van der Waals surface area contributed by atoms with Gasteiger partial charge in [-0.2, -0.15) is 0 Å². The summed E-state index contributed by atoms with van der Waals surface area (Å²) in [7, 11) is 0. The molecule has 0 atom stereocenters. The lowest BCUT2D eigenvalue weighted by Gasteiger charge is -2.18. The highest BCUT2D eigenvalue weighted by atomic mass is 16.1. The summed E-state index contributed by atoms with van der Waals surface area (Å²) in [5.41, 5.74) is 0. The van der Waals surface area contributed by atoms with Gasteiger partial charge < -0.3 is 5.32 Å². The predicted molar refractivity (Wildman–Crippen MR) is 66.9 cm³/mol. The second-order valence-corrected chi connectivity index (χ2v) is 4.51. The highest BCUT2D eigenvalue weighted by molar-refractivity contribution is 5.78. The summed E-state index contributed by atoms with van der Waals surface area (Å²) in [6.07, 6.45) is 9.29. The van der Waals surface area contributed by atoms with Crippen LogP contribution in [0.2, 0.25) is 0 Å². The van der Waals surface area contributed by atoms with Gasteiger partial charge in [0.1, 0.15) is 0 Å². The fourth-order valence-corrected chi connectivity index (χ4v) is 2.24. The normalized spacial score (nSPS) is 17.8. The number of amides is 1. The molecular weight excluding hydrogens is 198 g/mol. The van der Waals surface area contributed by atoms with Crippen molar-refractivity contribution in [2.75, 3.05) is 6.54 Å². The lowest BCUT2D eigenvalue weighted by molar-refractivity contribution is -0.125. The van der Waals surface area contributed by atoms with Crippen molar-refractivity contribution in [2.45, 2.75) is 58.3 Å². The zero-order chi connectivity index (χ0) is 11.6. The summed E-state index contributed by atoms with van der Waals surface area (Å²) in [4.78, 5) is 11.9. The van der Waals surface area contributed by atoms with Crippen molar-refractivity contribution >= 4 is 5.91 Å². The summed E-state index contributed by atoms with van der Waals surface area (Å²) in [5, 5.41) is 2.99. The van der Waals surface area contributed by atoms with Gasteiger partial charge >= 0.3 is 0 Å². The Morgan fingerprint density at radius 3 is 2.44 bits per heavy atom. The van der Waals surface area contributed by atoms with E-state index in [0.29, 0.717) is 6.54 Å². The SMILES string of the molecule is CC#CCCNC(=O)C1CCCCCCC1. The average Bonchev–Trinajstić information content (AvgIpc) is 2.23. The lowest BCUT2D eigenvalue weighted by Crippen LogP contribution is -2.31. The van der Waals surface area contributed by atoms with Crippen LogP contribution in [-0.2, 0) is 4.79 Å². The monoisotopic (exact) mass is 221 g/mol. The van der Waals surface area contributed by atoms with E-state index in [4.69, 9.17) is 0 Å². The third-order valence-electron chi connectivity index (χ3n) is 3.20. The Hall–Kier alpha value is -0.970. The Morgan fingerprint density at radius 1 is 1.19 bits per heavy atom. The van der Waals surface area contributed by atoms with Gasteiger partial charge in [-0.05, 0) is 19.8 Å². The van der Waals surface area contributed by atoms with Crippen LogP contribution in [0.5, 0.6) is 0 Å². The Labute approximate surface area is 99.2 Å². The minimum atomic E-state index is 0.250. The molecule has 1 aliphatic rings. The van der Waals surface area contributed by atoms with Crippen molar-refractivity contribution in [2.24, 2.45) is 5.92 Å². The van der Waals surface area contributed by atoms with Gasteiger partial charge in [0.2, 0.25) is 5.91 Å². The van der Waals surface area contributed by atoms with E-state index in [1.54, 1.807) is 0 Å². The smallest absolute Gasteiger partial charge is 0.223 e. The standard InChI is InChI=1S/C14H23NO/c1-2-3-9-12-15-14(16)13-10-7-5-4-6-8-11-13/h13H,4-12H2,1H3,(H,15,16). The number of carbonyl (C=O) groups excluding carboxylic acids is 1. The molecule has 2 nitrogen and oxygen atoms in total. The minimum Gasteiger partial charge on any atom is -0.355 e. The van der Waals surface area contributed by atoms with Crippen LogP contribution in [0.25, 0.3) is 0 Å². The van der Waals surface area contributed by atoms with E-state index < -0.39 is 0 Å². The maximum absolute atomic E-state index is 11.9. The van der Waals surface area contributed by atoms with Crippen molar-refractivity contribution in [1.82, 2.24) is 5.32 Å². The first-order valence-electron chi connectivity index (χ1n) is 6.52. The van der Waals surface area contributed by atoms with Crippen LogP contribution in [0.3, 0.4) is 0 Å². The van der Waals surface area contributed by atoms with Crippen LogP contribution in [0, 0.1) is 17.8 Å². The highest BCUT2D eigenvalue weighted by Crippen LogP contribution is 2.22. The van der Waals surface area contributed by atoms with Crippen molar-refractivity contribution in [3.05, 3.63) is 0 Å². The van der Waals surface area contributed by atoms with Crippen molar-refractivity contribution in [3.63, 3.8) is 0 Å². The van der Waals surface area contributed by atoms with Gasteiger partial charge in [0.15, 0.2) is 0 Å². The molecule has 1 saturated carbocycles. The molecule has 0 aromatic heterocycles. The van der Waals surface area contributed by atoms with Gasteiger partial charge in [-0.15, -0.1) is 11.8 Å². The third-order valence-corrected chi connectivity index (χ3v) is 3.20. The van der Waals surface area contributed by atoms with Gasteiger partial charge in [-0.1, -0.05) is 32.1 Å². The van der Waals surface area contributed by atoms with E-state index in [2.05, 4.69) is 17.2 Å². The van der Waals surface area contributed by atoms with Crippen molar-refractivity contribution in [1.29, 1.82) is 0 Å². The number of hydrogen-bond donors (Lipinski definition) is 1. The quantitative estimate of drug-likeness (QED) is 0.576. The molecule has 0 spiro atoms. The van der Waals surface area contributed by atoms with Gasteiger partial charge in [-0.25, -0.2) is 0 Å². The fourth-order valence-electron chi connectivity index (χ4n) is 2.24. The Balaban J connectivity index is 2.23. The van der Waals surface area contributed by atoms with Crippen LogP contribution in [0.1, 0.15) is 58.3 Å². The highest BCUT2D eigenvalue weighted by Gasteiger charge is 2.18. The van der Waals surface area contributed by atoms with Crippen LogP contribution in [0.4, 0.5) is 0 Å². The maximum Gasteiger partial charge on any atom is 0.223 e. The maximum atomic E-state index is 11.9. The molecule has 1 fully saturated rings. The molecule has 0 aromatic carbocycles. The van der Waals surface area contributed by atoms with Crippen LogP contribution >= 0.6 is 0 Å². The number of nitrogens with one attached hydrogen (secondary N) is 1. The Morgan fingerprint density at radius 2 is 1.81 bits per heavy atom. The molecule has 0 heterocycles. The molecule has 1 aliphatic carbocycles. The predicted octanol–water partition coefficient (Wildman–Crippen LogP) is 2.88. The summed E-state index contributed by atoms with van der Waals surface area (Å²) < 4.78 is 0. The molecule has 1 amide bonds. The molecule has 0 saturated heterocycles. The first kappa shape index (κ1) is 13.1. The minimum absolute atomic E-state index is 0.250. The van der Waals surface area contributed by atoms with Gasteiger partial charge in [0.05, 0.1) is 0 Å². The van der Waals surface area contributed by atoms with Gasteiger partial charge in [0.25, 0.3) is 0 Å². The number of rotatable bonds is 3. The lowest BCUT2D eigenvalue weighted by atomic mass is 9.90. The zero-order valence-corrected chi connectivity index (χ0v) is 10.3. The van der Waals surface area contributed by atoms with Crippen LogP contribution < -0.4 is 5.32 Å². The average molecular weight is 221 g/mol. The van der Waals surface area contributed by atoms with Crippen molar-refractivity contribution in [3.8, 4) is 11.8 Å². The van der Waals surface area contributed by atoms with E-state index in [-0.39, 0.29) is 11.8 Å². The summed E-state index contributed by atoms with van der Waals surface area (Å²) in [5.74, 6) is 6.31. The van der Waals surface area contributed by atoms with E-state index in [1.807, 2.05) is 6.92 Å². The molecule has 16 heavy (non-hydrogen) atoms. The fraction of sp³-hybridized carbons (Fsp3) is 0.786. The van der Waals surface area contributed by atoms with Gasteiger partial charge in [-0.3, -0.25) is 4.79 Å². The first-order chi connectivity index (χ1) is 7.84. The summed E-state index contributed by atoms with van der Waals surface area (Å²) >= 11 is 0. The molecule has 0 bridgehead atoms. The zero-order valence-electron chi connectivity index (χ0n) is 10.3. The van der Waals surface area contributed by atoms with E-state index in [1.165, 1.54) is 32.1 Å². The van der Waals surface area contributed by atoms with Crippen LogP contribution in [0.15, 0.2) is 0 Å². The van der Waals surface area contributed by atoms with Crippen LogP contribution in [-0.4, -0.2) is 12.5 Å². The van der Waals surface area contributed by atoms with Gasteiger partial charge in [0, 0.05) is 18.9 Å². The van der Waals surface area contributed by atoms with E-state index in [0.717, 1.165) is 19.3 Å². The second kappa shape index (κ2) is 8.21. The Bertz CT molecular complexity index is 254. The molecule has 2 heteroatoms. The molecule has 90 valence electrons. The first-order valence-corrected chi connectivity index (χ1v) is 6.52. The second-order valence-electron chi connectivity index (χ2n) is 4.51. The topological polar surface area (TPSA) is 29.1 Å². The summed E-state index contributed by atoms with van der Waals surface area (Å²) in [6.45, 7) is 2.53. The molecule has 0 aliphatic heterocycles. The third kappa shape index (κ3) is 5.21. The van der Waals surface area contributed by atoms with E-state index in [9.17, 15) is 4.79 Å². The molecule has 1 N–H and O–H groups in total. The molecule has 1 rings (SSSR count). The molecule has 0 aromatic rings. The Kier molecular flexibility index (Phi) is 6.72. The molecular formula is C14H23NO. The molecule has 0 radical (unpaired) electrons. The number of hydrogen-bond acceptors (Lipinski definition) is 1.